The van der Waals surface area contributed by atoms with Crippen LogP contribution in [0.1, 0.15) is 10.4 Å². The van der Waals surface area contributed by atoms with Crippen LogP contribution >= 0.6 is 22.9 Å². The summed E-state index contributed by atoms with van der Waals surface area (Å²) in [6.07, 6.45) is 0. The summed E-state index contributed by atoms with van der Waals surface area (Å²) in [5.74, 6) is -0.0706. The molecule has 1 heterocycles. The second-order valence-electron chi connectivity index (χ2n) is 1.96. The van der Waals surface area contributed by atoms with Gasteiger partial charge in [-0.3, -0.25) is 4.79 Å². The van der Waals surface area contributed by atoms with Crippen molar-refractivity contribution in [2.24, 2.45) is 0 Å². The first-order valence-corrected chi connectivity index (χ1v) is 4.26. The van der Waals surface area contributed by atoms with Crippen LogP contribution in [0.5, 0.6) is 0 Å². The minimum Gasteiger partial charge on any atom is -0.377 e. The number of ketones is 1. The summed E-state index contributed by atoms with van der Waals surface area (Å²) in [6, 6.07) is 1.70. The molecule has 0 unspecified atom stereocenters. The smallest absolute Gasteiger partial charge is 0.190 e. The van der Waals surface area contributed by atoms with E-state index in [1.54, 1.807) is 11.4 Å². The maximum Gasteiger partial charge on any atom is 0.190 e. The molecule has 0 saturated carbocycles. The van der Waals surface area contributed by atoms with Gasteiger partial charge in [0.2, 0.25) is 0 Å². The summed E-state index contributed by atoms with van der Waals surface area (Å²) >= 11 is 7.06. The Bertz CT molecular complexity index is 257. The largest absolute Gasteiger partial charge is 0.377 e. The van der Waals surface area contributed by atoms with Gasteiger partial charge in [-0.1, -0.05) is 11.6 Å². The van der Waals surface area contributed by atoms with Crippen molar-refractivity contribution >= 4 is 28.7 Å². The van der Waals surface area contributed by atoms with E-state index in [1.165, 1.54) is 18.4 Å². The molecular weight excluding hydrogens is 184 g/mol. The number of carbonyl (C=O) groups is 1. The first-order chi connectivity index (χ1) is 5.25. The monoisotopic (exact) mass is 190 g/mol. The predicted molar refractivity (Wildman–Crippen MR) is 45.5 cm³/mol. The zero-order chi connectivity index (χ0) is 8.27. The van der Waals surface area contributed by atoms with Crippen molar-refractivity contribution < 1.29 is 9.53 Å². The SMILES string of the molecule is COCC(=O)c1ccsc1Cl. The lowest BCUT2D eigenvalue weighted by Crippen LogP contribution is -2.05. The second kappa shape index (κ2) is 3.85. The molecule has 0 saturated heterocycles. The molecule has 0 atom stereocenters. The molecule has 60 valence electrons. The van der Waals surface area contributed by atoms with E-state index in [0.29, 0.717) is 9.90 Å². The fourth-order valence-corrected chi connectivity index (χ4v) is 1.66. The van der Waals surface area contributed by atoms with Crippen LogP contribution in [0.2, 0.25) is 4.34 Å². The lowest BCUT2D eigenvalue weighted by atomic mass is 10.2. The maximum absolute atomic E-state index is 11.1. The highest BCUT2D eigenvalue weighted by atomic mass is 35.5. The molecule has 1 aromatic heterocycles. The van der Waals surface area contributed by atoms with Gasteiger partial charge in [0.1, 0.15) is 10.9 Å². The zero-order valence-corrected chi connectivity index (χ0v) is 7.54. The number of thiophene rings is 1. The van der Waals surface area contributed by atoms with Crippen molar-refractivity contribution in [2.45, 2.75) is 0 Å². The van der Waals surface area contributed by atoms with Gasteiger partial charge < -0.3 is 4.74 Å². The molecule has 0 radical (unpaired) electrons. The molecule has 0 spiro atoms. The molecule has 4 heteroatoms. The summed E-state index contributed by atoms with van der Waals surface area (Å²) in [7, 11) is 1.48. The average molecular weight is 191 g/mol. The van der Waals surface area contributed by atoms with Crippen molar-refractivity contribution in [3.8, 4) is 0 Å². The Kier molecular flexibility index (Phi) is 3.05. The lowest BCUT2D eigenvalue weighted by molar-refractivity contribution is 0.0848. The quantitative estimate of drug-likeness (QED) is 0.684. The molecule has 0 aliphatic heterocycles. The molecular formula is C7H7ClO2S. The standard InChI is InChI=1S/C7H7ClO2S/c1-10-4-6(9)5-2-3-11-7(5)8/h2-3H,4H2,1H3. The van der Waals surface area contributed by atoms with Crippen molar-refractivity contribution in [3.05, 3.63) is 21.3 Å². The molecule has 0 aliphatic rings. The third-order valence-electron chi connectivity index (χ3n) is 1.19. The number of rotatable bonds is 3. The highest BCUT2D eigenvalue weighted by Crippen LogP contribution is 2.22. The Hall–Kier alpha value is -0.380. The van der Waals surface area contributed by atoms with Crippen LogP contribution in [0, 0.1) is 0 Å². The fourth-order valence-electron chi connectivity index (χ4n) is 0.702. The third-order valence-corrected chi connectivity index (χ3v) is 2.36. The first-order valence-electron chi connectivity index (χ1n) is 3.01. The summed E-state index contributed by atoms with van der Waals surface area (Å²) in [6.45, 7) is 0.0937. The van der Waals surface area contributed by atoms with Crippen LogP contribution in [0.25, 0.3) is 0 Å². The van der Waals surface area contributed by atoms with Gasteiger partial charge in [-0.25, -0.2) is 0 Å². The minimum absolute atomic E-state index is 0.0706. The number of ether oxygens (including phenoxy) is 1. The van der Waals surface area contributed by atoms with Gasteiger partial charge in [0.15, 0.2) is 5.78 Å². The molecule has 2 nitrogen and oxygen atoms in total. The normalized spacial score (nSPS) is 10.0. The van der Waals surface area contributed by atoms with Crippen molar-refractivity contribution in [2.75, 3.05) is 13.7 Å². The molecule has 0 aliphatic carbocycles. The molecule has 0 aromatic carbocycles. The Morgan fingerprint density at radius 3 is 3.00 bits per heavy atom. The lowest BCUT2D eigenvalue weighted by Gasteiger charge is -1.95. The molecule has 11 heavy (non-hydrogen) atoms. The average Bonchev–Trinajstić information content (AvgIpc) is 2.36. The predicted octanol–water partition coefficient (Wildman–Crippen LogP) is 2.23. The van der Waals surface area contributed by atoms with Gasteiger partial charge in [-0.2, -0.15) is 0 Å². The maximum atomic E-state index is 11.1. The van der Waals surface area contributed by atoms with Gasteiger partial charge in [-0.05, 0) is 11.4 Å². The summed E-state index contributed by atoms with van der Waals surface area (Å²) in [4.78, 5) is 11.1. The number of halogens is 1. The first kappa shape index (κ1) is 8.71. The number of carbonyl (C=O) groups excluding carboxylic acids is 1. The summed E-state index contributed by atoms with van der Waals surface area (Å²) in [5.41, 5.74) is 0.554. The Morgan fingerprint density at radius 2 is 2.55 bits per heavy atom. The van der Waals surface area contributed by atoms with Gasteiger partial charge in [-0.15, -0.1) is 11.3 Å². The van der Waals surface area contributed by atoms with Crippen molar-refractivity contribution in [1.29, 1.82) is 0 Å². The van der Waals surface area contributed by atoms with E-state index in [-0.39, 0.29) is 12.4 Å². The Labute approximate surface area is 73.7 Å². The topological polar surface area (TPSA) is 26.3 Å². The number of methoxy groups -OCH3 is 1. The highest BCUT2D eigenvalue weighted by Gasteiger charge is 2.09. The van der Waals surface area contributed by atoms with E-state index >= 15 is 0 Å². The van der Waals surface area contributed by atoms with E-state index in [0.717, 1.165) is 0 Å². The molecule has 0 bridgehead atoms. The fraction of sp³-hybridized carbons (Fsp3) is 0.286. The van der Waals surface area contributed by atoms with Crippen LogP contribution < -0.4 is 0 Å². The van der Waals surface area contributed by atoms with Crippen LogP contribution in [0.4, 0.5) is 0 Å². The van der Waals surface area contributed by atoms with E-state index in [4.69, 9.17) is 11.6 Å². The van der Waals surface area contributed by atoms with E-state index in [1.807, 2.05) is 0 Å². The zero-order valence-electron chi connectivity index (χ0n) is 5.96. The molecule has 1 aromatic rings. The highest BCUT2D eigenvalue weighted by molar-refractivity contribution is 7.14. The Morgan fingerprint density at radius 1 is 1.82 bits per heavy atom. The Balaban J connectivity index is 2.76. The van der Waals surface area contributed by atoms with E-state index in [9.17, 15) is 4.79 Å². The van der Waals surface area contributed by atoms with Crippen LogP contribution in [0.3, 0.4) is 0 Å². The minimum atomic E-state index is -0.0706. The third kappa shape index (κ3) is 2.02. The van der Waals surface area contributed by atoms with Gasteiger partial charge >= 0.3 is 0 Å². The molecule has 1 rings (SSSR count). The van der Waals surface area contributed by atoms with Crippen molar-refractivity contribution in [3.63, 3.8) is 0 Å². The van der Waals surface area contributed by atoms with Gasteiger partial charge in [0, 0.05) is 12.7 Å². The molecule has 0 fully saturated rings. The molecule has 0 amide bonds. The summed E-state index contributed by atoms with van der Waals surface area (Å²) in [5, 5.41) is 1.78. The number of Topliss-reactive ketones (excluding diaryl/α,β-unsaturated/α-hetero) is 1. The van der Waals surface area contributed by atoms with E-state index < -0.39 is 0 Å². The van der Waals surface area contributed by atoms with Crippen LogP contribution in [0.15, 0.2) is 11.4 Å². The number of hydrogen-bond acceptors (Lipinski definition) is 3. The van der Waals surface area contributed by atoms with Gasteiger partial charge in [0.25, 0.3) is 0 Å². The van der Waals surface area contributed by atoms with Crippen molar-refractivity contribution in [1.82, 2.24) is 0 Å². The second-order valence-corrected chi connectivity index (χ2v) is 3.48. The van der Waals surface area contributed by atoms with Gasteiger partial charge in [0.05, 0.1) is 0 Å². The van der Waals surface area contributed by atoms with Crippen LogP contribution in [-0.2, 0) is 4.74 Å². The molecule has 0 N–H and O–H groups in total. The van der Waals surface area contributed by atoms with E-state index in [2.05, 4.69) is 4.74 Å². The summed E-state index contributed by atoms with van der Waals surface area (Å²) < 4.78 is 5.21. The van der Waals surface area contributed by atoms with Crippen LogP contribution in [-0.4, -0.2) is 19.5 Å². The number of hydrogen-bond donors (Lipinski definition) is 0.